The predicted molar refractivity (Wildman–Crippen MR) is 83.0 cm³/mol. The highest BCUT2D eigenvalue weighted by Crippen LogP contribution is 2.33. The fourth-order valence-corrected chi connectivity index (χ4v) is 2.94. The summed E-state index contributed by atoms with van der Waals surface area (Å²) in [6.45, 7) is 3.86. The molecule has 0 bridgehead atoms. The molecule has 0 saturated heterocycles. The standard InChI is InChI=1S/C16H20N4/c1-3-17-9-8-13-11-20(14-6-4-5-7-14)16-15(13)10-18-12(2)19-16/h3,8-11,14H,4-7H2,1-2H3/b9-8-,17-3?. The summed E-state index contributed by atoms with van der Waals surface area (Å²) >= 11 is 0. The van der Waals surface area contributed by atoms with Crippen molar-refractivity contribution in [3.63, 3.8) is 0 Å². The van der Waals surface area contributed by atoms with Gasteiger partial charge in [0.2, 0.25) is 0 Å². The SMILES string of the molecule is CC=N/C=C\c1cn(C2CCCC2)c2nc(C)ncc12. The second-order valence-corrected chi connectivity index (χ2v) is 5.31. The van der Waals surface area contributed by atoms with Gasteiger partial charge in [0.25, 0.3) is 0 Å². The second-order valence-electron chi connectivity index (χ2n) is 5.31. The summed E-state index contributed by atoms with van der Waals surface area (Å²) in [5.74, 6) is 0.831. The quantitative estimate of drug-likeness (QED) is 0.792. The van der Waals surface area contributed by atoms with E-state index < -0.39 is 0 Å². The Hall–Kier alpha value is -1.97. The Morgan fingerprint density at radius 2 is 2.15 bits per heavy atom. The number of hydrogen-bond acceptors (Lipinski definition) is 3. The van der Waals surface area contributed by atoms with E-state index in [1.165, 1.54) is 25.7 Å². The molecule has 4 heteroatoms. The van der Waals surface area contributed by atoms with Crippen LogP contribution in [0.3, 0.4) is 0 Å². The van der Waals surface area contributed by atoms with Gasteiger partial charge in [-0.2, -0.15) is 0 Å². The van der Waals surface area contributed by atoms with Gasteiger partial charge < -0.3 is 4.57 Å². The molecule has 0 N–H and O–H groups in total. The number of hydrogen-bond donors (Lipinski definition) is 0. The van der Waals surface area contributed by atoms with Gasteiger partial charge in [-0.05, 0) is 32.8 Å². The van der Waals surface area contributed by atoms with Gasteiger partial charge >= 0.3 is 0 Å². The van der Waals surface area contributed by atoms with Crippen LogP contribution in [0.5, 0.6) is 0 Å². The minimum Gasteiger partial charge on any atom is -0.329 e. The summed E-state index contributed by atoms with van der Waals surface area (Å²) in [4.78, 5) is 13.1. The van der Waals surface area contributed by atoms with E-state index >= 15 is 0 Å². The maximum Gasteiger partial charge on any atom is 0.144 e. The molecule has 0 unspecified atom stereocenters. The molecule has 20 heavy (non-hydrogen) atoms. The monoisotopic (exact) mass is 268 g/mol. The third-order valence-electron chi connectivity index (χ3n) is 3.93. The number of fused-ring (bicyclic) bond motifs is 1. The Morgan fingerprint density at radius 1 is 1.35 bits per heavy atom. The third-order valence-corrected chi connectivity index (χ3v) is 3.93. The molecule has 2 heterocycles. The third kappa shape index (κ3) is 2.38. The lowest BCUT2D eigenvalue weighted by Crippen LogP contribution is -2.04. The number of aryl methyl sites for hydroxylation is 1. The predicted octanol–water partition coefficient (Wildman–Crippen LogP) is 3.92. The van der Waals surface area contributed by atoms with Gasteiger partial charge in [-0.1, -0.05) is 12.8 Å². The maximum atomic E-state index is 4.65. The van der Waals surface area contributed by atoms with Gasteiger partial charge in [0.1, 0.15) is 11.5 Å². The highest BCUT2D eigenvalue weighted by atomic mass is 15.1. The molecular formula is C16H20N4. The van der Waals surface area contributed by atoms with Crippen molar-refractivity contribution in [3.05, 3.63) is 30.0 Å². The van der Waals surface area contributed by atoms with E-state index in [4.69, 9.17) is 0 Å². The van der Waals surface area contributed by atoms with Crippen LogP contribution in [0.1, 0.15) is 50.0 Å². The molecule has 2 aromatic rings. The Balaban J connectivity index is 2.11. The van der Waals surface area contributed by atoms with Gasteiger partial charge in [-0.3, -0.25) is 4.99 Å². The second kappa shape index (κ2) is 5.57. The zero-order valence-corrected chi connectivity index (χ0v) is 12.1. The van der Waals surface area contributed by atoms with Crippen molar-refractivity contribution in [2.45, 2.75) is 45.6 Å². The zero-order valence-electron chi connectivity index (χ0n) is 12.1. The highest BCUT2D eigenvalue weighted by Gasteiger charge is 2.20. The number of aromatic nitrogens is 3. The zero-order chi connectivity index (χ0) is 13.9. The first-order valence-electron chi connectivity index (χ1n) is 7.28. The fourth-order valence-electron chi connectivity index (χ4n) is 2.94. The lowest BCUT2D eigenvalue weighted by atomic mass is 10.2. The van der Waals surface area contributed by atoms with Gasteiger partial charge in [-0.15, -0.1) is 0 Å². The molecule has 0 atom stereocenters. The van der Waals surface area contributed by atoms with Crippen LogP contribution < -0.4 is 0 Å². The van der Waals surface area contributed by atoms with Crippen LogP contribution in [-0.2, 0) is 0 Å². The van der Waals surface area contributed by atoms with Crippen LogP contribution in [0.2, 0.25) is 0 Å². The highest BCUT2D eigenvalue weighted by molar-refractivity contribution is 5.86. The molecule has 1 fully saturated rings. The fraction of sp³-hybridized carbons (Fsp3) is 0.438. The van der Waals surface area contributed by atoms with E-state index in [0.29, 0.717) is 6.04 Å². The molecule has 1 aliphatic rings. The summed E-state index contributed by atoms with van der Waals surface area (Å²) in [5.41, 5.74) is 2.21. The Labute approximate surface area is 119 Å². The van der Waals surface area contributed by atoms with Crippen LogP contribution in [0.4, 0.5) is 0 Å². The minimum atomic E-state index is 0.587. The smallest absolute Gasteiger partial charge is 0.144 e. The Kier molecular flexibility index (Phi) is 3.63. The molecule has 2 aromatic heterocycles. The van der Waals surface area contributed by atoms with Crippen molar-refractivity contribution in [3.8, 4) is 0 Å². The molecule has 1 aliphatic carbocycles. The first-order chi connectivity index (χ1) is 9.79. The van der Waals surface area contributed by atoms with Crippen LogP contribution in [-0.4, -0.2) is 20.7 Å². The van der Waals surface area contributed by atoms with Crippen LogP contribution >= 0.6 is 0 Å². The molecule has 4 nitrogen and oxygen atoms in total. The van der Waals surface area contributed by atoms with Crippen LogP contribution in [0, 0.1) is 6.92 Å². The summed E-state index contributed by atoms with van der Waals surface area (Å²) in [5, 5.41) is 1.12. The van der Waals surface area contributed by atoms with Gasteiger partial charge in [0, 0.05) is 41.8 Å². The summed E-state index contributed by atoms with van der Waals surface area (Å²) in [7, 11) is 0. The molecule has 0 amide bonds. The van der Waals surface area contributed by atoms with E-state index in [0.717, 1.165) is 22.4 Å². The summed E-state index contributed by atoms with van der Waals surface area (Å²) < 4.78 is 2.34. The molecule has 104 valence electrons. The normalized spacial score (nSPS) is 17.1. The first-order valence-corrected chi connectivity index (χ1v) is 7.28. The van der Waals surface area contributed by atoms with Crippen molar-refractivity contribution in [1.82, 2.24) is 14.5 Å². The largest absolute Gasteiger partial charge is 0.329 e. The molecule has 1 saturated carbocycles. The topological polar surface area (TPSA) is 43.1 Å². The first kappa shape index (κ1) is 13.0. The van der Waals surface area contributed by atoms with Crippen molar-refractivity contribution >= 4 is 23.3 Å². The van der Waals surface area contributed by atoms with E-state index in [9.17, 15) is 0 Å². The van der Waals surface area contributed by atoms with Gasteiger partial charge in [0.05, 0.1) is 0 Å². The van der Waals surface area contributed by atoms with E-state index in [-0.39, 0.29) is 0 Å². The molecular weight excluding hydrogens is 248 g/mol. The van der Waals surface area contributed by atoms with Crippen molar-refractivity contribution < 1.29 is 0 Å². The lowest BCUT2D eigenvalue weighted by Gasteiger charge is -2.12. The Morgan fingerprint density at radius 3 is 2.90 bits per heavy atom. The summed E-state index contributed by atoms with van der Waals surface area (Å²) in [6.07, 6.45) is 14.9. The van der Waals surface area contributed by atoms with E-state index in [1.807, 2.05) is 32.3 Å². The number of rotatable bonds is 3. The number of nitrogens with zero attached hydrogens (tertiary/aromatic N) is 4. The minimum absolute atomic E-state index is 0.587. The summed E-state index contributed by atoms with van der Waals surface area (Å²) in [6, 6.07) is 0.587. The van der Waals surface area contributed by atoms with Crippen LogP contribution in [0.25, 0.3) is 17.1 Å². The van der Waals surface area contributed by atoms with E-state index in [2.05, 4.69) is 25.7 Å². The molecule has 0 aliphatic heterocycles. The lowest BCUT2D eigenvalue weighted by molar-refractivity contribution is 0.531. The van der Waals surface area contributed by atoms with E-state index in [1.54, 1.807) is 6.21 Å². The molecule has 0 aromatic carbocycles. The average Bonchev–Trinajstić information content (AvgIpc) is 3.06. The van der Waals surface area contributed by atoms with Crippen molar-refractivity contribution in [1.29, 1.82) is 0 Å². The number of aliphatic imine (C=N–C) groups is 1. The molecule has 3 rings (SSSR count). The Bertz CT molecular complexity index is 660. The van der Waals surface area contributed by atoms with Gasteiger partial charge in [0.15, 0.2) is 0 Å². The maximum absolute atomic E-state index is 4.65. The molecule has 0 spiro atoms. The van der Waals surface area contributed by atoms with Crippen molar-refractivity contribution in [2.75, 3.05) is 0 Å². The van der Waals surface area contributed by atoms with Gasteiger partial charge in [-0.25, -0.2) is 9.97 Å². The van der Waals surface area contributed by atoms with Crippen molar-refractivity contribution in [2.24, 2.45) is 4.99 Å². The average molecular weight is 268 g/mol. The van der Waals surface area contributed by atoms with Crippen LogP contribution in [0.15, 0.2) is 23.6 Å². The molecule has 0 radical (unpaired) electrons.